The normalized spacial score (nSPS) is 11.6. The van der Waals surface area contributed by atoms with E-state index in [9.17, 15) is 22.7 Å². The first-order chi connectivity index (χ1) is 26.2. The van der Waals surface area contributed by atoms with Crippen LogP contribution in [-0.2, 0) is 22.9 Å². The second-order valence-corrected chi connectivity index (χ2v) is 15.0. The van der Waals surface area contributed by atoms with Crippen LogP contribution < -0.4 is 9.46 Å². The molecule has 0 fully saturated rings. The van der Waals surface area contributed by atoms with Gasteiger partial charge in [-0.1, -0.05) is 96.5 Å². The van der Waals surface area contributed by atoms with E-state index in [2.05, 4.69) is 33.6 Å². The molecule has 272 valence electrons. The summed E-state index contributed by atoms with van der Waals surface area (Å²) in [5, 5.41) is 10.8. The van der Waals surface area contributed by atoms with Crippen molar-refractivity contribution >= 4 is 38.5 Å². The fourth-order valence-electron chi connectivity index (χ4n) is 6.83. The Balaban J connectivity index is 1.25. The third kappa shape index (κ3) is 8.09. The number of carbonyl (C=O) groups is 1. The van der Waals surface area contributed by atoms with Gasteiger partial charge in [0.2, 0.25) is 10.0 Å². The van der Waals surface area contributed by atoms with Crippen LogP contribution >= 0.6 is 11.6 Å². The Hall–Kier alpha value is -5.74. The van der Waals surface area contributed by atoms with Gasteiger partial charge in [-0.3, -0.25) is 0 Å². The van der Waals surface area contributed by atoms with E-state index in [0.717, 1.165) is 44.4 Å². The van der Waals surface area contributed by atoms with Crippen molar-refractivity contribution in [2.75, 3.05) is 13.2 Å². The molecule has 0 aliphatic heterocycles. The Labute approximate surface area is 318 Å². The van der Waals surface area contributed by atoms with E-state index in [1.807, 2.05) is 54.6 Å². The molecule has 0 radical (unpaired) electrons. The Kier molecular flexibility index (Phi) is 10.9. The molecule has 2 N–H and O–H groups in total. The minimum atomic E-state index is -3.89. The standard InChI is InChI=1S/C44H36ClFN2O5S/c45-35-17-24-41-40(29-35)39(26-28-53-37-20-13-34(14-21-37)44(49)50)42(48(41)43(32-7-3-1-4-8-32)33-9-5-2-6-10-33)25-27-47-54(51,52)38-22-15-31(16-23-38)30-11-18-36(46)19-12-30/h1-24,29,43,47H,25-28H2,(H,49,50). The van der Waals surface area contributed by atoms with E-state index in [1.54, 1.807) is 48.5 Å². The highest BCUT2D eigenvalue weighted by Gasteiger charge is 2.26. The molecule has 54 heavy (non-hydrogen) atoms. The van der Waals surface area contributed by atoms with Gasteiger partial charge in [-0.2, -0.15) is 0 Å². The van der Waals surface area contributed by atoms with Crippen molar-refractivity contribution in [3.8, 4) is 16.9 Å². The highest BCUT2D eigenvalue weighted by molar-refractivity contribution is 7.89. The summed E-state index contributed by atoms with van der Waals surface area (Å²) in [6.07, 6.45) is 0.811. The number of carboxylic acid groups (broad SMARTS) is 1. The topological polar surface area (TPSA) is 97.6 Å². The quantitative estimate of drug-likeness (QED) is 0.115. The Morgan fingerprint density at radius 2 is 1.35 bits per heavy atom. The third-order valence-electron chi connectivity index (χ3n) is 9.39. The zero-order valence-electron chi connectivity index (χ0n) is 29.0. The number of sulfonamides is 1. The first-order valence-electron chi connectivity index (χ1n) is 17.4. The second kappa shape index (κ2) is 16.1. The number of rotatable bonds is 14. The number of ether oxygens (including phenoxy) is 1. The van der Waals surface area contributed by atoms with Crippen LogP contribution in [0.5, 0.6) is 5.75 Å². The lowest BCUT2D eigenvalue weighted by Gasteiger charge is -2.25. The fraction of sp³-hybridized carbons (Fsp3) is 0.114. The average Bonchev–Trinajstić information content (AvgIpc) is 3.47. The molecule has 7 aromatic rings. The summed E-state index contributed by atoms with van der Waals surface area (Å²) in [7, 11) is -3.89. The number of carboxylic acids is 1. The number of aromatic nitrogens is 1. The highest BCUT2D eigenvalue weighted by Crippen LogP contribution is 2.38. The van der Waals surface area contributed by atoms with Crippen LogP contribution in [0.15, 0.2) is 157 Å². The maximum atomic E-state index is 13.6. The van der Waals surface area contributed by atoms with Crippen molar-refractivity contribution in [2.24, 2.45) is 0 Å². The monoisotopic (exact) mass is 758 g/mol. The number of fused-ring (bicyclic) bond motifs is 1. The molecule has 7 rings (SSSR count). The molecule has 10 heteroatoms. The largest absolute Gasteiger partial charge is 0.493 e. The van der Waals surface area contributed by atoms with Crippen molar-refractivity contribution in [3.63, 3.8) is 0 Å². The van der Waals surface area contributed by atoms with E-state index in [0.29, 0.717) is 23.6 Å². The number of benzene rings is 6. The van der Waals surface area contributed by atoms with Crippen LogP contribution in [0, 0.1) is 5.82 Å². The average molecular weight is 759 g/mol. The Morgan fingerprint density at radius 3 is 1.94 bits per heavy atom. The predicted octanol–water partition coefficient (Wildman–Crippen LogP) is 9.58. The Bertz CT molecular complexity index is 2450. The number of nitrogens with zero attached hydrogens (tertiary/aromatic N) is 1. The van der Waals surface area contributed by atoms with Crippen LogP contribution in [0.4, 0.5) is 4.39 Å². The minimum Gasteiger partial charge on any atom is -0.493 e. The summed E-state index contributed by atoms with van der Waals surface area (Å²) >= 11 is 6.63. The molecule has 0 saturated heterocycles. The van der Waals surface area contributed by atoms with Gasteiger partial charge in [0, 0.05) is 41.0 Å². The van der Waals surface area contributed by atoms with Crippen molar-refractivity contribution in [1.82, 2.24) is 9.29 Å². The van der Waals surface area contributed by atoms with Gasteiger partial charge < -0.3 is 14.4 Å². The van der Waals surface area contributed by atoms with E-state index in [1.165, 1.54) is 24.3 Å². The summed E-state index contributed by atoms with van der Waals surface area (Å²) in [6.45, 7) is 0.380. The number of halogens is 2. The molecule has 0 spiro atoms. The number of aromatic carboxylic acids is 1. The van der Waals surface area contributed by atoms with E-state index >= 15 is 0 Å². The summed E-state index contributed by atoms with van der Waals surface area (Å²) in [6, 6.07) is 44.7. The van der Waals surface area contributed by atoms with E-state index in [4.69, 9.17) is 16.3 Å². The SMILES string of the molecule is O=C(O)c1ccc(OCCc2c(CCNS(=O)(=O)c3ccc(-c4ccc(F)cc4)cc3)n(C(c3ccccc3)c3ccccc3)c3ccc(Cl)cc23)cc1. The second-order valence-electron chi connectivity index (χ2n) is 12.8. The highest BCUT2D eigenvalue weighted by atomic mass is 35.5. The van der Waals surface area contributed by atoms with Gasteiger partial charge in [0.25, 0.3) is 0 Å². The van der Waals surface area contributed by atoms with Crippen LogP contribution in [0.1, 0.15) is 38.8 Å². The summed E-state index contributed by atoms with van der Waals surface area (Å²) < 4.78 is 51.9. The van der Waals surface area contributed by atoms with Crippen LogP contribution in [0.25, 0.3) is 22.0 Å². The van der Waals surface area contributed by atoms with E-state index < -0.39 is 16.0 Å². The predicted molar refractivity (Wildman–Crippen MR) is 210 cm³/mol. The summed E-state index contributed by atoms with van der Waals surface area (Å²) in [5.74, 6) is -0.820. The molecular formula is C44H36ClFN2O5S. The van der Waals surface area contributed by atoms with E-state index in [-0.39, 0.29) is 35.5 Å². The van der Waals surface area contributed by atoms with Crippen molar-refractivity contribution in [1.29, 1.82) is 0 Å². The molecule has 1 heterocycles. The third-order valence-corrected chi connectivity index (χ3v) is 11.1. The van der Waals surface area contributed by atoms with Gasteiger partial charge in [-0.05, 0) is 94.5 Å². The van der Waals surface area contributed by atoms with Gasteiger partial charge in [0.15, 0.2) is 0 Å². The lowest BCUT2D eigenvalue weighted by Crippen LogP contribution is -2.27. The lowest BCUT2D eigenvalue weighted by molar-refractivity contribution is 0.0696. The zero-order valence-corrected chi connectivity index (χ0v) is 30.6. The summed E-state index contributed by atoms with van der Waals surface area (Å²) in [5.41, 5.74) is 6.66. The molecule has 7 nitrogen and oxygen atoms in total. The maximum absolute atomic E-state index is 13.6. The smallest absolute Gasteiger partial charge is 0.335 e. The van der Waals surface area contributed by atoms with Gasteiger partial charge in [-0.25, -0.2) is 22.3 Å². The molecule has 0 unspecified atom stereocenters. The molecule has 0 aliphatic rings. The molecule has 6 aromatic carbocycles. The molecule has 0 atom stereocenters. The van der Waals surface area contributed by atoms with Crippen LogP contribution in [0.2, 0.25) is 5.02 Å². The van der Waals surface area contributed by atoms with Crippen molar-refractivity contribution in [3.05, 3.63) is 190 Å². The van der Waals surface area contributed by atoms with Gasteiger partial charge in [-0.15, -0.1) is 0 Å². The fourth-order valence-corrected chi connectivity index (χ4v) is 8.04. The molecule has 1 aromatic heterocycles. The van der Waals surface area contributed by atoms with Gasteiger partial charge in [0.05, 0.1) is 23.1 Å². The molecule has 0 bridgehead atoms. The molecule has 0 aliphatic carbocycles. The molecular weight excluding hydrogens is 723 g/mol. The van der Waals surface area contributed by atoms with Crippen molar-refractivity contribution in [2.45, 2.75) is 23.8 Å². The zero-order chi connectivity index (χ0) is 37.7. The summed E-state index contributed by atoms with van der Waals surface area (Å²) in [4.78, 5) is 11.5. The first kappa shape index (κ1) is 36.6. The van der Waals surface area contributed by atoms with Gasteiger partial charge >= 0.3 is 5.97 Å². The molecule has 0 amide bonds. The van der Waals surface area contributed by atoms with Gasteiger partial charge in [0.1, 0.15) is 11.6 Å². The maximum Gasteiger partial charge on any atom is 0.335 e. The van der Waals surface area contributed by atoms with Crippen LogP contribution in [0.3, 0.4) is 0 Å². The molecule has 0 saturated carbocycles. The van der Waals surface area contributed by atoms with Crippen molar-refractivity contribution < 1.29 is 27.4 Å². The number of hydrogen-bond donors (Lipinski definition) is 2. The van der Waals surface area contributed by atoms with Crippen LogP contribution in [-0.4, -0.2) is 37.2 Å². The number of hydrogen-bond acceptors (Lipinski definition) is 4. The number of nitrogens with one attached hydrogen (secondary N) is 1. The first-order valence-corrected chi connectivity index (χ1v) is 19.3. The lowest BCUT2D eigenvalue weighted by atomic mass is 9.97. The minimum absolute atomic E-state index is 0.104. The Morgan fingerprint density at radius 1 is 0.759 bits per heavy atom.